The maximum atomic E-state index is 5.56. The molecule has 0 spiro atoms. The van der Waals surface area contributed by atoms with Gasteiger partial charge in [0.05, 0.1) is 5.52 Å². The number of aromatic nitrogens is 2. The number of hydrogen-bond donors (Lipinski definition) is 3. The Kier molecular flexibility index (Phi) is 7.43. The van der Waals surface area contributed by atoms with Gasteiger partial charge in [-0.2, -0.15) is 4.98 Å². The minimum Gasteiger partial charge on any atom is -0.362 e. The quantitative estimate of drug-likeness (QED) is 0.573. The standard InChI is InChI=1S/C24H36N6S/c1-30(2)22-20-10-6-7-11-21(20)28-23(29-22)26-18-12-14-19(15-13-18)27-24(31)25-16-17-8-4-3-5-9-17/h6-7,10-11,17-19H,3-5,8-9,12-16H2,1-2H3,(H2,25,27,31)(H,26,28,29)/t18-,19+. The number of benzene rings is 1. The van der Waals surface area contributed by atoms with Crippen LogP contribution in [0.5, 0.6) is 0 Å². The predicted octanol–water partition coefficient (Wildman–Crippen LogP) is 4.46. The van der Waals surface area contributed by atoms with Crippen LogP contribution in [0.4, 0.5) is 11.8 Å². The Morgan fingerprint density at radius 3 is 2.42 bits per heavy atom. The van der Waals surface area contributed by atoms with Gasteiger partial charge in [0.15, 0.2) is 5.11 Å². The Morgan fingerprint density at radius 1 is 0.968 bits per heavy atom. The molecule has 168 valence electrons. The summed E-state index contributed by atoms with van der Waals surface area (Å²) in [6.07, 6.45) is 11.2. The molecular weight excluding hydrogens is 404 g/mol. The van der Waals surface area contributed by atoms with Crippen LogP contribution in [0.15, 0.2) is 24.3 Å². The molecule has 1 aromatic heterocycles. The highest BCUT2D eigenvalue weighted by Gasteiger charge is 2.23. The van der Waals surface area contributed by atoms with Crippen LogP contribution in [0, 0.1) is 5.92 Å². The van der Waals surface area contributed by atoms with Crippen LogP contribution in [0.25, 0.3) is 10.9 Å². The first-order valence-electron chi connectivity index (χ1n) is 11.8. The van der Waals surface area contributed by atoms with Gasteiger partial charge in [0.1, 0.15) is 5.82 Å². The topological polar surface area (TPSA) is 65.1 Å². The second-order valence-electron chi connectivity index (χ2n) is 9.33. The highest BCUT2D eigenvalue weighted by Crippen LogP contribution is 2.26. The van der Waals surface area contributed by atoms with Crippen LogP contribution < -0.4 is 20.9 Å². The average Bonchev–Trinajstić information content (AvgIpc) is 2.79. The summed E-state index contributed by atoms with van der Waals surface area (Å²) in [5, 5.41) is 12.5. The minimum atomic E-state index is 0.401. The summed E-state index contributed by atoms with van der Waals surface area (Å²) < 4.78 is 0. The van der Waals surface area contributed by atoms with E-state index in [4.69, 9.17) is 22.2 Å². The third-order valence-electron chi connectivity index (χ3n) is 6.68. The van der Waals surface area contributed by atoms with Crippen LogP contribution in [0.2, 0.25) is 0 Å². The largest absolute Gasteiger partial charge is 0.362 e. The van der Waals surface area contributed by atoms with Crippen molar-refractivity contribution < 1.29 is 0 Å². The van der Waals surface area contributed by atoms with E-state index in [0.717, 1.165) is 65.9 Å². The number of thiocarbonyl (C=S) groups is 1. The number of fused-ring (bicyclic) bond motifs is 1. The molecule has 6 nitrogen and oxygen atoms in total. The summed E-state index contributed by atoms with van der Waals surface area (Å²) in [5.74, 6) is 2.48. The van der Waals surface area contributed by atoms with E-state index in [9.17, 15) is 0 Å². The van der Waals surface area contributed by atoms with Gasteiger partial charge < -0.3 is 20.9 Å². The van der Waals surface area contributed by atoms with Gasteiger partial charge in [-0.05, 0) is 68.8 Å². The number of para-hydroxylation sites is 1. The van der Waals surface area contributed by atoms with Crippen molar-refractivity contribution in [3.8, 4) is 0 Å². The van der Waals surface area contributed by atoms with Gasteiger partial charge >= 0.3 is 0 Å². The second kappa shape index (κ2) is 10.4. The fourth-order valence-corrected chi connectivity index (χ4v) is 5.14. The van der Waals surface area contributed by atoms with Gasteiger partial charge in [-0.1, -0.05) is 31.4 Å². The molecular formula is C24H36N6S. The minimum absolute atomic E-state index is 0.401. The van der Waals surface area contributed by atoms with E-state index in [1.54, 1.807) is 0 Å². The fourth-order valence-electron chi connectivity index (χ4n) is 4.89. The van der Waals surface area contributed by atoms with Crippen molar-refractivity contribution in [1.29, 1.82) is 0 Å². The summed E-state index contributed by atoms with van der Waals surface area (Å²) in [6.45, 7) is 1.02. The Hall–Kier alpha value is -2.15. The maximum Gasteiger partial charge on any atom is 0.225 e. The Balaban J connectivity index is 1.26. The summed E-state index contributed by atoms with van der Waals surface area (Å²) in [6, 6.07) is 9.06. The van der Waals surface area contributed by atoms with Crippen molar-refractivity contribution in [2.75, 3.05) is 30.9 Å². The van der Waals surface area contributed by atoms with E-state index in [1.165, 1.54) is 32.1 Å². The maximum absolute atomic E-state index is 5.56. The smallest absolute Gasteiger partial charge is 0.225 e. The molecule has 4 rings (SSSR count). The van der Waals surface area contributed by atoms with Gasteiger partial charge in [0, 0.05) is 38.1 Å². The first kappa shape index (κ1) is 22.1. The monoisotopic (exact) mass is 440 g/mol. The lowest BCUT2D eigenvalue weighted by Crippen LogP contribution is -2.46. The molecule has 7 heteroatoms. The molecule has 0 amide bonds. The molecule has 0 atom stereocenters. The molecule has 31 heavy (non-hydrogen) atoms. The Labute approximate surface area is 191 Å². The second-order valence-corrected chi connectivity index (χ2v) is 9.74. The normalized spacial score (nSPS) is 22.1. The zero-order valence-electron chi connectivity index (χ0n) is 18.9. The van der Waals surface area contributed by atoms with E-state index in [1.807, 2.05) is 26.2 Å². The molecule has 0 unspecified atom stereocenters. The fraction of sp³-hybridized carbons (Fsp3) is 0.625. The highest BCUT2D eigenvalue weighted by atomic mass is 32.1. The number of hydrogen-bond acceptors (Lipinski definition) is 5. The van der Waals surface area contributed by atoms with Crippen LogP contribution in [0.1, 0.15) is 57.8 Å². The third-order valence-corrected chi connectivity index (χ3v) is 6.94. The van der Waals surface area contributed by atoms with Crippen LogP contribution in [-0.4, -0.2) is 47.8 Å². The molecule has 2 aliphatic rings. The summed E-state index contributed by atoms with van der Waals surface area (Å²) in [4.78, 5) is 11.6. The van der Waals surface area contributed by atoms with Gasteiger partial charge in [0.2, 0.25) is 5.95 Å². The first-order chi connectivity index (χ1) is 15.1. The van der Waals surface area contributed by atoms with Crippen LogP contribution >= 0.6 is 12.2 Å². The zero-order chi connectivity index (χ0) is 21.6. The van der Waals surface area contributed by atoms with Crippen molar-refractivity contribution in [3.05, 3.63) is 24.3 Å². The number of rotatable bonds is 6. The molecule has 0 bridgehead atoms. The van der Waals surface area contributed by atoms with E-state index >= 15 is 0 Å². The summed E-state index contributed by atoms with van der Waals surface area (Å²) in [5.41, 5.74) is 0.980. The van der Waals surface area contributed by atoms with Gasteiger partial charge in [-0.25, -0.2) is 4.98 Å². The van der Waals surface area contributed by atoms with E-state index in [-0.39, 0.29) is 0 Å². The molecule has 2 saturated carbocycles. The zero-order valence-corrected chi connectivity index (χ0v) is 19.7. The molecule has 0 saturated heterocycles. The average molecular weight is 441 g/mol. The predicted molar refractivity (Wildman–Crippen MR) is 134 cm³/mol. The van der Waals surface area contributed by atoms with E-state index < -0.39 is 0 Å². The number of nitrogens with zero attached hydrogens (tertiary/aromatic N) is 3. The van der Waals surface area contributed by atoms with Crippen molar-refractivity contribution >= 4 is 40.0 Å². The number of nitrogens with one attached hydrogen (secondary N) is 3. The molecule has 3 N–H and O–H groups in total. The lowest BCUT2D eigenvalue weighted by molar-refractivity contribution is 0.353. The molecule has 2 aliphatic carbocycles. The molecule has 0 aliphatic heterocycles. The molecule has 1 aromatic carbocycles. The number of anilines is 2. The van der Waals surface area contributed by atoms with Gasteiger partial charge in [-0.15, -0.1) is 0 Å². The first-order valence-corrected chi connectivity index (χ1v) is 12.2. The molecule has 2 aromatic rings. The Morgan fingerprint density at radius 2 is 1.68 bits per heavy atom. The molecule has 1 heterocycles. The van der Waals surface area contributed by atoms with E-state index in [0.29, 0.717) is 12.1 Å². The van der Waals surface area contributed by atoms with E-state index in [2.05, 4.69) is 33.0 Å². The lowest BCUT2D eigenvalue weighted by Gasteiger charge is -2.31. The van der Waals surface area contributed by atoms with Crippen molar-refractivity contribution in [2.24, 2.45) is 5.92 Å². The molecule has 2 fully saturated rings. The molecule has 0 radical (unpaired) electrons. The van der Waals surface area contributed by atoms with Gasteiger partial charge in [-0.3, -0.25) is 0 Å². The SMILES string of the molecule is CN(C)c1nc(N[C@H]2CC[C@@H](NC(=S)NCC3CCCCC3)CC2)nc2ccccc12. The third kappa shape index (κ3) is 5.97. The Bertz CT molecular complexity index is 871. The van der Waals surface area contributed by atoms with Crippen molar-refractivity contribution in [2.45, 2.75) is 69.9 Å². The van der Waals surface area contributed by atoms with Crippen LogP contribution in [-0.2, 0) is 0 Å². The van der Waals surface area contributed by atoms with Crippen molar-refractivity contribution in [3.63, 3.8) is 0 Å². The van der Waals surface area contributed by atoms with Gasteiger partial charge in [0.25, 0.3) is 0 Å². The van der Waals surface area contributed by atoms with Crippen LogP contribution in [0.3, 0.4) is 0 Å². The summed E-state index contributed by atoms with van der Waals surface area (Å²) >= 11 is 5.56. The lowest BCUT2D eigenvalue weighted by atomic mass is 9.89. The van der Waals surface area contributed by atoms with Crippen molar-refractivity contribution in [1.82, 2.24) is 20.6 Å². The highest BCUT2D eigenvalue weighted by molar-refractivity contribution is 7.80. The summed E-state index contributed by atoms with van der Waals surface area (Å²) in [7, 11) is 4.06.